The molecule has 8 nitrogen and oxygen atoms in total. The maximum atomic E-state index is 13.8. The van der Waals surface area contributed by atoms with Crippen LogP contribution in [0.25, 0.3) is 0 Å². The predicted octanol–water partition coefficient (Wildman–Crippen LogP) is 2.77. The second-order valence-electron chi connectivity index (χ2n) is 7.44. The van der Waals surface area contributed by atoms with Gasteiger partial charge in [0.25, 0.3) is 11.8 Å². The molecule has 0 radical (unpaired) electrons. The molecule has 1 aromatic heterocycles. The molecule has 0 spiro atoms. The first-order valence-electron chi connectivity index (χ1n) is 10.3. The van der Waals surface area contributed by atoms with Gasteiger partial charge in [0.05, 0.1) is 23.2 Å². The molecule has 1 aliphatic rings. The summed E-state index contributed by atoms with van der Waals surface area (Å²) in [4.78, 5) is 45.0. The number of hydrogen-bond acceptors (Lipinski definition) is 6. The molecular formula is C23H21FN4O4S. The van der Waals surface area contributed by atoms with E-state index in [0.29, 0.717) is 31.9 Å². The topological polar surface area (TPSA) is 103 Å². The molecule has 1 aliphatic heterocycles. The van der Waals surface area contributed by atoms with Crippen molar-refractivity contribution in [2.24, 2.45) is 0 Å². The third kappa shape index (κ3) is 5.17. The van der Waals surface area contributed by atoms with E-state index in [4.69, 9.17) is 0 Å². The first-order valence-corrected chi connectivity index (χ1v) is 11.2. The van der Waals surface area contributed by atoms with Gasteiger partial charge in [-0.05, 0) is 24.3 Å². The van der Waals surface area contributed by atoms with Crippen molar-refractivity contribution in [2.45, 2.75) is 6.42 Å². The summed E-state index contributed by atoms with van der Waals surface area (Å²) >= 11 is 1.16. The standard InChI is InChI=1S/C23H21FN4O4S/c24-18-7-3-1-5-16(18)21(31)26-23-25-15(14-33-23)13-20(30)27-9-11-28(12-10-27)22(32)17-6-2-4-8-19(17)29/h1-8,14,29H,9-13H2,(H,25,26,31). The summed E-state index contributed by atoms with van der Waals surface area (Å²) in [5, 5.41) is 14.4. The first kappa shape index (κ1) is 22.4. The fraction of sp³-hybridized carbons (Fsp3) is 0.217. The molecule has 0 bridgehead atoms. The van der Waals surface area contributed by atoms with Gasteiger partial charge in [0, 0.05) is 31.6 Å². The van der Waals surface area contributed by atoms with E-state index in [-0.39, 0.29) is 40.2 Å². The number of aromatic nitrogens is 1. The fourth-order valence-corrected chi connectivity index (χ4v) is 4.21. The highest BCUT2D eigenvalue weighted by Gasteiger charge is 2.26. The smallest absolute Gasteiger partial charge is 0.260 e. The number of halogens is 1. The predicted molar refractivity (Wildman–Crippen MR) is 121 cm³/mol. The number of anilines is 1. The van der Waals surface area contributed by atoms with E-state index in [1.54, 1.807) is 39.4 Å². The Hall–Kier alpha value is -3.79. The molecule has 1 saturated heterocycles. The lowest BCUT2D eigenvalue weighted by Crippen LogP contribution is -2.51. The molecular weight excluding hydrogens is 447 g/mol. The average Bonchev–Trinajstić information content (AvgIpc) is 3.25. The number of phenolic OH excluding ortho intramolecular Hbond substituents is 1. The number of rotatable bonds is 5. The van der Waals surface area contributed by atoms with Gasteiger partial charge in [-0.15, -0.1) is 11.3 Å². The molecule has 10 heteroatoms. The molecule has 170 valence electrons. The van der Waals surface area contributed by atoms with Crippen LogP contribution >= 0.6 is 11.3 Å². The third-order valence-corrected chi connectivity index (χ3v) is 6.08. The Balaban J connectivity index is 1.30. The number of nitrogens with zero attached hydrogens (tertiary/aromatic N) is 3. The molecule has 0 saturated carbocycles. The lowest BCUT2D eigenvalue weighted by Gasteiger charge is -2.34. The van der Waals surface area contributed by atoms with Crippen molar-refractivity contribution < 1.29 is 23.9 Å². The van der Waals surface area contributed by atoms with Crippen molar-refractivity contribution in [2.75, 3.05) is 31.5 Å². The second kappa shape index (κ2) is 9.78. The molecule has 0 aliphatic carbocycles. The molecule has 0 unspecified atom stereocenters. The van der Waals surface area contributed by atoms with Gasteiger partial charge in [-0.1, -0.05) is 24.3 Å². The summed E-state index contributed by atoms with van der Waals surface area (Å²) in [6, 6.07) is 12.0. The maximum Gasteiger partial charge on any atom is 0.260 e. The molecule has 2 aromatic carbocycles. The van der Waals surface area contributed by atoms with Crippen LogP contribution in [0.3, 0.4) is 0 Å². The van der Waals surface area contributed by atoms with Gasteiger partial charge >= 0.3 is 0 Å². The maximum absolute atomic E-state index is 13.8. The van der Waals surface area contributed by atoms with Crippen molar-refractivity contribution in [3.63, 3.8) is 0 Å². The SMILES string of the molecule is O=C(Nc1nc(CC(=O)N2CCN(C(=O)c3ccccc3O)CC2)cs1)c1ccccc1F. The number of piperazine rings is 1. The Labute approximate surface area is 193 Å². The molecule has 2 heterocycles. The van der Waals surface area contributed by atoms with Crippen molar-refractivity contribution >= 4 is 34.2 Å². The van der Waals surface area contributed by atoms with E-state index >= 15 is 0 Å². The van der Waals surface area contributed by atoms with Crippen molar-refractivity contribution in [3.8, 4) is 5.75 Å². The number of amides is 3. The molecule has 3 aromatic rings. The van der Waals surface area contributed by atoms with Gasteiger partial charge in [0.1, 0.15) is 11.6 Å². The molecule has 2 N–H and O–H groups in total. The number of benzene rings is 2. The minimum absolute atomic E-state index is 0.0550. The minimum atomic E-state index is -0.623. The van der Waals surface area contributed by atoms with Crippen LogP contribution in [0.1, 0.15) is 26.4 Å². The number of carbonyl (C=O) groups excluding carboxylic acids is 3. The van der Waals surface area contributed by atoms with Gasteiger partial charge in [-0.2, -0.15) is 0 Å². The largest absolute Gasteiger partial charge is 0.507 e. The Morgan fingerprint density at radius 2 is 1.61 bits per heavy atom. The lowest BCUT2D eigenvalue weighted by atomic mass is 10.1. The Bertz CT molecular complexity index is 1190. The normalized spacial score (nSPS) is 13.6. The number of phenols is 1. The van der Waals surface area contributed by atoms with Crippen LogP contribution in [0, 0.1) is 5.82 Å². The Morgan fingerprint density at radius 3 is 2.30 bits per heavy atom. The molecule has 0 atom stereocenters. The zero-order valence-corrected chi connectivity index (χ0v) is 18.3. The van der Waals surface area contributed by atoms with E-state index in [1.807, 2.05) is 0 Å². The number of carbonyl (C=O) groups is 3. The highest BCUT2D eigenvalue weighted by Crippen LogP contribution is 2.20. The number of aromatic hydroxyl groups is 1. The molecule has 33 heavy (non-hydrogen) atoms. The number of thiazole rings is 1. The Morgan fingerprint density at radius 1 is 0.970 bits per heavy atom. The van der Waals surface area contributed by atoms with Crippen LogP contribution in [-0.4, -0.2) is 63.8 Å². The quantitative estimate of drug-likeness (QED) is 0.600. The third-order valence-electron chi connectivity index (χ3n) is 5.28. The highest BCUT2D eigenvalue weighted by atomic mass is 32.1. The van der Waals surface area contributed by atoms with Crippen molar-refractivity contribution in [3.05, 3.63) is 76.5 Å². The zero-order chi connectivity index (χ0) is 23.4. The molecule has 1 fully saturated rings. The van der Waals surface area contributed by atoms with Crippen molar-refractivity contribution in [1.82, 2.24) is 14.8 Å². The van der Waals surface area contributed by atoms with Gasteiger partial charge in [0.15, 0.2) is 5.13 Å². The van der Waals surface area contributed by atoms with Crippen LogP contribution in [0.2, 0.25) is 0 Å². The van der Waals surface area contributed by atoms with Gasteiger partial charge in [0.2, 0.25) is 5.91 Å². The highest BCUT2D eigenvalue weighted by molar-refractivity contribution is 7.14. The molecule has 3 amide bonds. The van der Waals surface area contributed by atoms with E-state index < -0.39 is 11.7 Å². The van der Waals surface area contributed by atoms with Gasteiger partial charge < -0.3 is 14.9 Å². The first-order chi connectivity index (χ1) is 15.9. The summed E-state index contributed by atoms with van der Waals surface area (Å²) < 4.78 is 13.8. The van der Waals surface area contributed by atoms with Crippen LogP contribution in [0.5, 0.6) is 5.75 Å². The minimum Gasteiger partial charge on any atom is -0.507 e. The summed E-state index contributed by atoms with van der Waals surface area (Å²) in [5.41, 5.74) is 0.660. The van der Waals surface area contributed by atoms with E-state index in [2.05, 4.69) is 10.3 Å². The monoisotopic (exact) mass is 468 g/mol. The van der Waals surface area contributed by atoms with Gasteiger partial charge in [-0.25, -0.2) is 9.37 Å². The average molecular weight is 469 g/mol. The lowest BCUT2D eigenvalue weighted by molar-refractivity contribution is -0.132. The summed E-state index contributed by atoms with van der Waals surface area (Å²) in [6.07, 6.45) is 0.0550. The van der Waals surface area contributed by atoms with Crippen LogP contribution < -0.4 is 5.32 Å². The zero-order valence-electron chi connectivity index (χ0n) is 17.5. The van der Waals surface area contributed by atoms with Gasteiger partial charge in [-0.3, -0.25) is 19.7 Å². The van der Waals surface area contributed by atoms with Crippen LogP contribution in [0.15, 0.2) is 53.9 Å². The Kier molecular flexibility index (Phi) is 6.64. The number of nitrogens with one attached hydrogen (secondary N) is 1. The fourth-order valence-electron chi connectivity index (χ4n) is 3.51. The van der Waals surface area contributed by atoms with E-state index in [0.717, 1.165) is 11.3 Å². The van der Waals surface area contributed by atoms with E-state index in [1.165, 1.54) is 24.3 Å². The summed E-state index contributed by atoms with van der Waals surface area (Å²) in [7, 11) is 0. The summed E-state index contributed by atoms with van der Waals surface area (Å²) in [5.74, 6) is -1.70. The van der Waals surface area contributed by atoms with E-state index in [9.17, 15) is 23.9 Å². The summed E-state index contributed by atoms with van der Waals surface area (Å²) in [6.45, 7) is 1.47. The number of para-hydroxylation sites is 1. The van der Waals surface area contributed by atoms with Crippen molar-refractivity contribution in [1.29, 1.82) is 0 Å². The van der Waals surface area contributed by atoms with Crippen LogP contribution in [-0.2, 0) is 11.2 Å². The van der Waals surface area contributed by atoms with Crippen LogP contribution in [0.4, 0.5) is 9.52 Å². The number of hydrogen-bond donors (Lipinski definition) is 2. The second-order valence-corrected chi connectivity index (χ2v) is 8.30. The molecule has 4 rings (SSSR count).